The largest absolute Gasteiger partial charge is 0.497 e. The number of sulfonamides is 1. The lowest BCUT2D eigenvalue weighted by Gasteiger charge is -2.16. The van der Waals surface area contributed by atoms with Gasteiger partial charge in [0.25, 0.3) is 0 Å². The van der Waals surface area contributed by atoms with Crippen molar-refractivity contribution in [1.82, 2.24) is 4.98 Å². The Hall–Kier alpha value is -3.73. The Labute approximate surface area is 235 Å². The van der Waals surface area contributed by atoms with Crippen molar-refractivity contribution in [2.45, 2.75) is 30.3 Å². The Kier molecular flexibility index (Phi) is 8.92. The number of halogens is 3. The monoisotopic (exact) mass is 584 g/mol. The van der Waals surface area contributed by atoms with E-state index in [-0.39, 0.29) is 10.5 Å². The van der Waals surface area contributed by atoms with Crippen LogP contribution in [0.25, 0.3) is 21.3 Å². The van der Waals surface area contributed by atoms with Gasteiger partial charge in [0.15, 0.2) is 0 Å². The number of rotatable bonds is 6. The van der Waals surface area contributed by atoms with E-state index in [0.717, 1.165) is 22.1 Å². The molecule has 0 saturated heterocycles. The third-order valence-electron chi connectivity index (χ3n) is 6.26. The molecule has 5 nitrogen and oxygen atoms in total. The first-order valence-corrected chi connectivity index (χ1v) is 14.6. The lowest BCUT2D eigenvalue weighted by atomic mass is 9.99. The second-order valence-electron chi connectivity index (χ2n) is 9.06. The second-order valence-corrected chi connectivity index (χ2v) is 11.8. The van der Waals surface area contributed by atoms with Gasteiger partial charge < -0.3 is 4.74 Å². The van der Waals surface area contributed by atoms with Crippen molar-refractivity contribution in [2.75, 3.05) is 7.11 Å². The second kappa shape index (κ2) is 12.2. The summed E-state index contributed by atoms with van der Waals surface area (Å²) in [5.41, 5.74) is 2.91. The van der Waals surface area contributed by atoms with Crippen LogP contribution in [0.4, 0.5) is 13.2 Å². The topological polar surface area (TPSA) is 82.3 Å². The summed E-state index contributed by atoms with van der Waals surface area (Å²) in [4.78, 5) is 5.66. The lowest BCUT2D eigenvalue weighted by molar-refractivity contribution is -0.146. The third-order valence-corrected chi connectivity index (χ3v) is 8.37. The molecule has 40 heavy (non-hydrogen) atoms. The van der Waals surface area contributed by atoms with Crippen molar-refractivity contribution in [3.05, 3.63) is 113 Å². The number of benzene rings is 3. The van der Waals surface area contributed by atoms with Crippen molar-refractivity contribution in [2.24, 2.45) is 5.14 Å². The number of hydrogen-bond donors (Lipinski definition) is 1. The summed E-state index contributed by atoms with van der Waals surface area (Å²) >= 11 is 1.67. The molecule has 0 aliphatic carbocycles. The molecule has 2 N–H and O–H groups in total. The average Bonchev–Trinajstić information content (AvgIpc) is 3.35. The van der Waals surface area contributed by atoms with Crippen LogP contribution in [0.15, 0.2) is 102 Å². The van der Waals surface area contributed by atoms with Gasteiger partial charge in [-0.2, -0.15) is 13.2 Å². The van der Waals surface area contributed by atoms with Gasteiger partial charge in [-0.05, 0) is 65.9 Å². The van der Waals surface area contributed by atoms with Crippen molar-refractivity contribution < 1.29 is 26.3 Å². The number of fused-ring (bicyclic) bond motifs is 1. The van der Waals surface area contributed by atoms with Gasteiger partial charge in [-0.15, -0.1) is 11.3 Å². The highest BCUT2D eigenvalue weighted by molar-refractivity contribution is 7.89. The SMILES string of the molecule is COc1ccc(S(N)(=O)=O)cc1.C[C@H](c1ccnc(-c2cccc3cc(Cc4ccccc4)sc23)c1)C(F)(F)F. The van der Waals surface area contributed by atoms with Crippen LogP contribution in [-0.2, 0) is 16.4 Å². The van der Waals surface area contributed by atoms with E-state index in [1.54, 1.807) is 29.5 Å². The normalized spacial score (nSPS) is 12.4. The van der Waals surface area contributed by atoms with Crippen molar-refractivity contribution >= 4 is 31.4 Å². The highest BCUT2D eigenvalue weighted by atomic mass is 32.2. The Morgan fingerprint density at radius 2 is 1.65 bits per heavy atom. The van der Waals surface area contributed by atoms with E-state index in [0.29, 0.717) is 11.4 Å². The van der Waals surface area contributed by atoms with Crippen molar-refractivity contribution in [3.8, 4) is 17.0 Å². The van der Waals surface area contributed by atoms with Gasteiger partial charge in [0.05, 0.1) is 23.6 Å². The first-order valence-electron chi connectivity index (χ1n) is 12.2. The molecule has 5 rings (SSSR count). The maximum Gasteiger partial charge on any atom is 0.395 e. The minimum absolute atomic E-state index is 0.0864. The summed E-state index contributed by atoms with van der Waals surface area (Å²) in [5.74, 6) is -0.923. The summed E-state index contributed by atoms with van der Waals surface area (Å²) < 4.78 is 66.8. The molecule has 3 aromatic carbocycles. The van der Waals surface area contributed by atoms with E-state index < -0.39 is 22.1 Å². The maximum atomic E-state index is 13.1. The molecule has 0 aliphatic heterocycles. The number of aromatic nitrogens is 1. The van der Waals surface area contributed by atoms with Crippen LogP contribution in [0.5, 0.6) is 5.75 Å². The molecular formula is C30H27F3N2O3S2. The number of nitrogens with zero attached hydrogens (tertiary/aromatic N) is 1. The number of hydrogen-bond acceptors (Lipinski definition) is 5. The molecule has 2 heterocycles. The smallest absolute Gasteiger partial charge is 0.395 e. The molecule has 0 fully saturated rings. The Bertz CT molecular complexity index is 1690. The van der Waals surface area contributed by atoms with Gasteiger partial charge in [0, 0.05) is 27.8 Å². The number of pyridine rings is 1. The van der Waals surface area contributed by atoms with Crippen LogP contribution in [0.3, 0.4) is 0 Å². The average molecular weight is 585 g/mol. The van der Waals surface area contributed by atoms with Gasteiger partial charge in [-0.3, -0.25) is 4.98 Å². The van der Waals surface area contributed by atoms with Crippen molar-refractivity contribution in [3.63, 3.8) is 0 Å². The summed E-state index contributed by atoms with van der Waals surface area (Å²) in [6.45, 7) is 1.18. The summed E-state index contributed by atoms with van der Waals surface area (Å²) in [6, 6.07) is 27.1. The van der Waals surface area contributed by atoms with E-state index in [1.807, 2.05) is 36.4 Å². The quantitative estimate of drug-likeness (QED) is 0.223. The highest BCUT2D eigenvalue weighted by Gasteiger charge is 2.37. The number of alkyl halides is 3. The van der Waals surface area contributed by atoms with Crippen LogP contribution in [0.2, 0.25) is 0 Å². The van der Waals surface area contributed by atoms with Crippen LogP contribution >= 0.6 is 11.3 Å². The van der Waals surface area contributed by atoms with Crippen LogP contribution < -0.4 is 9.88 Å². The molecule has 2 aromatic heterocycles. The number of nitrogens with two attached hydrogens (primary N) is 1. The third kappa shape index (κ3) is 7.26. The minimum atomic E-state index is -4.27. The van der Waals surface area contributed by atoms with Crippen molar-refractivity contribution in [1.29, 1.82) is 0 Å². The zero-order valence-corrected chi connectivity index (χ0v) is 23.4. The van der Waals surface area contributed by atoms with Gasteiger partial charge >= 0.3 is 6.18 Å². The molecule has 5 aromatic rings. The molecule has 0 radical (unpaired) electrons. The Balaban J connectivity index is 0.000000259. The zero-order chi connectivity index (χ0) is 28.9. The number of thiophene rings is 1. The van der Waals surface area contributed by atoms with E-state index in [2.05, 4.69) is 23.2 Å². The molecule has 0 saturated carbocycles. The predicted octanol–water partition coefficient (Wildman–Crippen LogP) is 7.56. The molecule has 0 amide bonds. The van der Waals surface area contributed by atoms with Gasteiger partial charge in [-0.25, -0.2) is 13.6 Å². The first-order chi connectivity index (χ1) is 19.0. The van der Waals surface area contributed by atoms with Gasteiger partial charge in [0.1, 0.15) is 5.75 Å². The van der Waals surface area contributed by atoms with E-state index >= 15 is 0 Å². The standard InChI is InChI=1S/C23H18F3NS.C7H9NO3S/c1-15(23(24,25)26)17-10-11-27-21(14-17)20-9-5-8-18-13-19(28-22(18)20)12-16-6-3-2-4-7-16;1-11-6-2-4-7(5-3-6)12(8,9)10/h2-11,13-15H,12H2,1H3;2-5H,1H3,(H2,8,9,10)/t15-;/m1./s1. The zero-order valence-electron chi connectivity index (χ0n) is 21.7. The van der Waals surface area contributed by atoms with Gasteiger partial charge in [-0.1, -0.05) is 48.5 Å². The van der Waals surface area contributed by atoms with Crippen LogP contribution in [-0.4, -0.2) is 26.7 Å². The summed E-state index contributed by atoms with van der Waals surface area (Å²) in [5, 5.41) is 5.97. The van der Waals surface area contributed by atoms with E-state index in [4.69, 9.17) is 9.88 Å². The fourth-order valence-corrected chi connectivity index (χ4v) is 5.75. The number of primary sulfonamides is 1. The lowest BCUT2D eigenvalue weighted by Crippen LogP contribution is -2.17. The van der Waals surface area contributed by atoms with E-state index in [9.17, 15) is 21.6 Å². The van der Waals surface area contributed by atoms with Crippen LogP contribution in [0, 0.1) is 0 Å². The van der Waals surface area contributed by atoms with Gasteiger partial charge in [0.2, 0.25) is 10.0 Å². The number of methoxy groups -OCH3 is 1. The van der Waals surface area contributed by atoms with Crippen LogP contribution in [0.1, 0.15) is 28.8 Å². The fourth-order valence-electron chi connectivity index (χ4n) is 4.02. The van der Waals surface area contributed by atoms with E-state index in [1.165, 1.54) is 48.9 Å². The highest BCUT2D eigenvalue weighted by Crippen LogP contribution is 2.38. The predicted molar refractivity (Wildman–Crippen MR) is 153 cm³/mol. The first kappa shape index (κ1) is 29.3. The molecule has 10 heteroatoms. The summed E-state index contributed by atoms with van der Waals surface area (Å²) in [6.07, 6.45) is -1.97. The minimum Gasteiger partial charge on any atom is -0.497 e. The Morgan fingerprint density at radius 3 is 2.27 bits per heavy atom. The molecule has 1 atom stereocenters. The molecule has 0 aliphatic rings. The molecular weight excluding hydrogens is 557 g/mol. The summed E-state index contributed by atoms with van der Waals surface area (Å²) in [7, 11) is -2.08. The molecule has 0 bridgehead atoms. The molecule has 0 spiro atoms. The fraction of sp³-hybridized carbons (Fsp3) is 0.167. The number of ether oxygens (including phenoxy) is 1. The molecule has 208 valence electrons. The maximum absolute atomic E-state index is 13.1. The molecule has 0 unspecified atom stereocenters. The Morgan fingerprint density at radius 1 is 0.950 bits per heavy atom.